The van der Waals surface area contributed by atoms with Gasteiger partial charge < -0.3 is 10.6 Å². The lowest BCUT2D eigenvalue weighted by molar-refractivity contribution is 0.0950. The Balaban J connectivity index is 1.44. The number of amides is 2. The van der Waals surface area contributed by atoms with Crippen molar-refractivity contribution in [2.24, 2.45) is 0 Å². The molecule has 1 heterocycles. The Kier molecular flexibility index (Phi) is 6.14. The number of nitrogens with one attached hydrogen (secondary N) is 2. The minimum absolute atomic E-state index is 0.148. The molecule has 0 bridgehead atoms. The van der Waals surface area contributed by atoms with Crippen LogP contribution in [0.4, 0.5) is 5.69 Å². The van der Waals surface area contributed by atoms with E-state index in [0.717, 1.165) is 16.7 Å². The van der Waals surface area contributed by atoms with Crippen LogP contribution in [0.25, 0.3) is 11.1 Å². The quantitative estimate of drug-likeness (QED) is 0.476. The van der Waals surface area contributed by atoms with Crippen LogP contribution in [-0.2, 0) is 6.54 Å². The number of hydrogen-bond donors (Lipinski definition) is 2. The summed E-state index contributed by atoms with van der Waals surface area (Å²) < 4.78 is 0. The van der Waals surface area contributed by atoms with E-state index in [1.54, 1.807) is 24.5 Å². The highest BCUT2D eigenvalue weighted by atomic mass is 16.2. The van der Waals surface area contributed by atoms with Gasteiger partial charge in [-0.15, -0.1) is 0 Å². The number of aromatic nitrogens is 1. The minimum Gasteiger partial charge on any atom is -0.348 e. The van der Waals surface area contributed by atoms with Gasteiger partial charge >= 0.3 is 0 Å². The number of nitrogens with zero attached hydrogens (tertiary/aromatic N) is 1. The molecule has 0 radical (unpaired) electrons. The molecule has 0 atom stereocenters. The van der Waals surface area contributed by atoms with Gasteiger partial charge in [-0.2, -0.15) is 0 Å². The summed E-state index contributed by atoms with van der Waals surface area (Å²) in [4.78, 5) is 29.1. The van der Waals surface area contributed by atoms with Gasteiger partial charge in [0.25, 0.3) is 11.8 Å². The van der Waals surface area contributed by atoms with E-state index >= 15 is 0 Å². The molecule has 0 aliphatic heterocycles. The first-order valence-electron chi connectivity index (χ1n) is 9.94. The zero-order valence-corrected chi connectivity index (χ0v) is 16.8. The molecule has 0 fully saturated rings. The van der Waals surface area contributed by atoms with E-state index in [9.17, 15) is 9.59 Å². The third-order valence-electron chi connectivity index (χ3n) is 4.84. The van der Waals surface area contributed by atoms with Crippen LogP contribution < -0.4 is 10.6 Å². The predicted molar refractivity (Wildman–Crippen MR) is 122 cm³/mol. The van der Waals surface area contributed by atoms with Crippen molar-refractivity contribution in [1.29, 1.82) is 0 Å². The third-order valence-corrected chi connectivity index (χ3v) is 4.84. The summed E-state index contributed by atoms with van der Waals surface area (Å²) in [5.74, 6) is -0.356. The Bertz CT molecular complexity index is 1190. The Morgan fingerprint density at radius 3 is 2.29 bits per heavy atom. The van der Waals surface area contributed by atoms with Gasteiger partial charge in [0, 0.05) is 35.8 Å². The lowest BCUT2D eigenvalue weighted by Gasteiger charge is -2.11. The lowest BCUT2D eigenvalue weighted by Crippen LogP contribution is -2.23. The summed E-state index contributed by atoms with van der Waals surface area (Å²) in [5, 5.41) is 5.85. The molecule has 5 nitrogen and oxygen atoms in total. The number of pyridine rings is 1. The molecule has 4 aromatic rings. The second-order valence-corrected chi connectivity index (χ2v) is 6.98. The molecule has 1 aromatic heterocycles. The largest absolute Gasteiger partial charge is 0.348 e. The van der Waals surface area contributed by atoms with E-state index in [-0.39, 0.29) is 11.8 Å². The molecule has 0 unspecified atom stereocenters. The number of anilines is 1. The van der Waals surface area contributed by atoms with E-state index in [1.807, 2.05) is 78.9 Å². The highest BCUT2D eigenvalue weighted by Crippen LogP contribution is 2.23. The van der Waals surface area contributed by atoms with Crippen molar-refractivity contribution in [2.45, 2.75) is 6.54 Å². The SMILES string of the molecule is O=C(Nc1cccc(CNC(=O)c2ccccc2-c2ccccc2)c1)c1ccncc1. The maximum absolute atomic E-state index is 12.9. The molecule has 2 N–H and O–H groups in total. The fourth-order valence-corrected chi connectivity index (χ4v) is 3.29. The molecule has 0 aliphatic carbocycles. The standard InChI is InChI=1S/C26H21N3O2/c30-25(21-13-15-27-16-14-21)29-22-10-6-7-19(17-22)18-28-26(31)24-12-5-4-11-23(24)20-8-2-1-3-9-20/h1-17H,18H2,(H,28,31)(H,29,30). The monoisotopic (exact) mass is 407 g/mol. The van der Waals surface area contributed by atoms with Crippen molar-refractivity contribution in [3.8, 4) is 11.1 Å². The topological polar surface area (TPSA) is 71.1 Å². The zero-order chi connectivity index (χ0) is 21.5. The molecule has 3 aromatic carbocycles. The zero-order valence-electron chi connectivity index (χ0n) is 16.8. The molecule has 0 saturated heterocycles. The van der Waals surface area contributed by atoms with Crippen molar-refractivity contribution in [2.75, 3.05) is 5.32 Å². The summed E-state index contributed by atoms with van der Waals surface area (Å²) in [5.41, 5.74) is 4.59. The highest BCUT2D eigenvalue weighted by Gasteiger charge is 2.12. The number of carbonyl (C=O) groups excluding carboxylic acids is 2. The highest BCUT2D eigenvalue weighted by molar-refractivity contribution is 6.04. The normalized spacial score (nSPS) is 10.3. The van der Waals surface area contributed by atoms with Gasteiger partial charge in [-0.05, 0) is 47.0 Å². The first-order chi connectivity index (χ1) is 15.2. The van der Waals surface area contributed by atoms with Gasteiger partial charge in [0.05, 0.1) is 0 Å². The lowest BCUT2D eigenvalue weighted by atomic mass is 9.99. The van der Waals surface area contributed by atoms with Crippen LogP contribution in [-0.4, -0.2) is 16.8 Å². The van der Waals surface area contributed by atoms with E-state index in [0.29, 0.717) is 23.4 Å². The maximum atomic E-state index is 12.9. The molecule has 2 amide bonds. The summed E-state index contributed by atoms with van der Waals surface area (Å²) in [6.45, 7) is 0.348. The third kappa shape index (κ3) is 5.03. The molecule has 0 spiro atoms. The van der Waals surface area contributed by atoms with Crippen LogP contribution >= 0.6 is 0 Å². The maximum Gasteiger partial charge on any atom is 0.255 e. The van der Waals surface area contributed by atoms with Crippen LogP contribution in [0.5, 0.6) is 0 Å². The van der Waals surface area contributed by atoms with Gasteiger partial charge in [-0.25, -0.2) is 0 Å². The Hall–Kier alpha value is -4.25. The van der Waals surface area contributed by atoms with Crippen LogP contribution in [0.1, 0.15) is 26.3 Å². The smallest absolute Gasteiger partial charge is 0.255 e. The van der Waals surface area contributed by atoms with E-state index in [4.69, 9.17) is 0 Å². The number of rotatable bonds is 6. The second kappa shape index (κ2) is 9.50. The van der Waals surface area contributed by atoms with Crippen LogP contribution in [0.15, 0.2) is 103 Å². The van der Waals surface area contributed by atoms with Crippen LogP contribution in [0.3, 0.4) is 0 Å². The van der Waals surface area contributed by atoms with Crippen molar-refractivity contribution in [3.63, 3.8) is 0 Å². The average molecular weight is 407 g/mol. The summed E-state index contributed by atoms with van der Waals surface area (Å²) in [6.07, 6.45) is 3.16. The van der Waals surface area contributed by atoms with E-state index in [1.165, 1.54) is 0 Å². The molecular weight excluding hydrogens is 386 g/mol. The van der Waals surface area contributed by atoms with Gasteiger partial charge in [0.2, 0.25) is 0 Å². The molecular formula is C26H21N3O2. The predicted octanol–water partition coefficient (Wildman–Crippen LogP) is 4.93. The van der Waals surface area contributed by atoms with Crippen molar-refractivity contribution in [1.82, 2.24) is 10.3 Å². The second-order valence-electron chi connectivity index (χ2n) is 6.98. The van der Waals surface area contributed by atoms with Crippen LogP contribution in [0.2, 0.25) is 0 Å². The van der Waals surface area contributed by atoms with E-state index in [2.05, 4.69) is 15.6 Å². The minimum atomic E-state index is -0.208. The summed E-state index contributed by atoms with van der Waals surface area (Å²) in [6, 6.07) is 28.1. The first kappa shape index (κ1) is 20.0. The van der Waals surface area contributed by atoms with Crippen molar-refractivity contribution in [3.05, 3.63) is 120 Å². The van der Waals surface area contributed by atoms with Gasteiger partial charge in [-0.1, -0.05) is 60.7 Å². The molecule has 152 valence electrons. The number of hydrogen-bond acceptors (Lipinski definition) is 3. The molecule has 5 heteroatoms. The fourth-order valence-electron chi connectivity index (χ4n) is 3.29. The number of carbonyl (C=O) groups is 2. The molecule has 31 heavy (non-hydrogen) atoms. The fraction of sp³-hybridized carbons (Fsp3) is 0.0385. The summed E-state index contributed by atoms with van der Waals surface area (Å²) in [7, 11) is 0. The molecule has 0 aliphatic rings. The van der Waals surface area contributed by atoms with Gasteiger partial charge in [0.15, 0.2) is 0 Å². The first-order valence-corrected chi connectivity index (χ1v) is 9.94. The average Bonchev–Trinajstić information content (AvgIpc) is 2.84. The van der Waals surface area contributed by atoms with Crippen molar-refractivity contribution >= 4 is 17.5 Å². The number of benzene rings is 3. The Morgan fingerprint density at radius 2 is 1.48 bits per heavy atom. The molecule has 4 rings (SSSR count). The van der Waals surface area contributed by atoms with Gasteiger partial charge in [0.1, 0.15) is 0 Å². The van der Waals surface area contributed by atoms with Gasteiger partial charge in [-0.3, -0.25) is 14.6 Å². The van der Waals surface area contributed by atoms with E-state index < -0.39 is 0 Å². The van der Waals surface area contributed by atoms with Crippen molar-refractivity contribution < 1.29 is 9.59 Å². The molecule has 0 saturated carbocycles. The summed E-state index contributed by atoms with van der Waals surface area (Å²) >= 11 is 0. The Morgan fingerprint density at radius 1 is 0.742 bits per heavy atom. The Labute approximate surface area is 180 Å². The van der Waals surface area contributed by atoms with Crippen LogP contribution in [0, 0.1) is 0 Å².